The Bertz CT molecular complexity index is 1150. The molecule has 0 unspecified atom stereocenters. The van der Waals surface area contributed by atoms with Gasteiger partial charge in [-0.1, -0.05) is 23.9 Å². The second-order valence-electron chi connectivity index (χ2n) is 7.71. The minimum Gasteiger partial charge on any atom is -0.473 e. The fraction of sp³-hybridized carbons (Fsp3) is 0.429. The second-order valence-corrected chi connectivity index (χ2v) is 8.48. The highest BCUT2D eigenvalue weighted by atomic mass is 32.2. The molecule has 3 aromatic heterocycles. The number of nitrogens with zero attached hydrogens (tertiary/aromatic N) is 6. The molecule has 3 aliphatic heterocycles. The van der Waals surface area contributed by atoms with Gasteiger partial charge in [0, 0.05) is 18.8 Å². The fourth-order valence-corrected chi connectivity index (χ4v) is 4.75. The Kier molecular flexibility index (Phi) is 5.08. The van der Waals surface area contributed by atoms with Gasteiger partial charge in [-0.05, 0) is 44.2 Å². The number of hydrogen-bond donors (Lipinski definition) is 0. The van der Waals surface area contributed by atoms with Gasteiger partial charge in [-0.25, -0.2) is 19.3 Å². The van der Waals surface area contributed by atoms with Gasteiger partial charge in [-0.2, -0.15) is 4.98 Å². The van der Waals surface area contributed by atoms with E-state index in [4.69, 9.17) is 9.72 Å². The summed E-state index contributed by atoms with van der Waals surface area (Å²) in [6.07, 6.45) is 7.70. The summed E-state index contributed by atoms with van der Waals surface area (Å²) in [5, 5.41) is 1.06. The zero-order chi connectivity index (χ0) is 20.7. The molecule has 30 heavy (non-hydrogen) atoms. The van der Waals surface area contributed by atoms with Crippen LogP contribution in [-0.4, -0.2) is 61.2 Å². The molecule has 2 bridgehead atoms. The smallest absolute Gasteiger partial charge is 0.278 e. The van der Waals surface area contributed by atoms with Crippen LogP contribution in [-0.2, 0) is 6.54 Å². The number of fused-ring (bicyclic) bond motifs is 4. The molecule has 0 radical (unpaired) electrons. The summed E-state index contributed by atoms with van der Waals surface area (Å²) in [5.74, 6) is 1.75. The van der Waals surface area contributed by atoms with Crippen molar-refractivity contribution in [2.75, 3.05) is 25.9 Å². The van der Waals surface area contributed by atoms with Crippen molar-refractivity contribution in [3.05, 3.63) is 47.4 Å². The molecule has 0 aromatic carbocycles. The first-order chi connectivity index (χ1) is 14.7. The number of pyridine rings is 1. The van der Waals surface area contributed by atoms with Crippen molar-refractivity contribution in [3.63, 3.8) is 0 Å². The summed E-state index contributed by atoms with van der Waals surface area (Å²) in [5.41, 5.74) is 0.372. The highest BCUT2D eigenvalue weighted by molar-refractivity contribution is 7.98. The standard InChI is InChI=1S/C21H24N6O2S/c1-3-9-26-20(28)15-12-22-21(30-2)24-19(15)27(26)17-5-4-6-18(23-17)29-16-13-25-10-7-14(16)8-11-25/h3-6,12,14,16H,1,7-11,13H2,2H3/t16-/m0/s1. The number of ether oxygens (including phenoxy) is 1. The maximum Gasteiger partial charge on any atom is 0.278 e. The van der Waals surface area contributed by atoms with Crippen LogP contribution >= 0.6 is 11.8 Å². The number of hydrogen-bond acceptors (Lipinski definition) is 7. The van der Waals surface area contributed by atoms with Gasteiger partial charge in [-0.3, -0.25) is 9.69 Å². The molecular formula is C21H24N6O2S. The molecule has 9 heteroatoms. The Morgan fingerprint density at radius 1 is 1.30 bits per heavy atom. The van der Waals surface area contributed by atoms with Crippen molar-refractivity contribution in [3.8, 4) is 11.7 Å². The zero-order valence-corrected chi connectivity index (χ0v) is 17.7. The number of piperidine rings is 3. The van der Waals surface area contributed by atoms with E-state index in [1.807, 2.05) is 24.5 Å². The maximum absolute atomic E-state index is 12.9. The number of allylic oxidation sites excluding steroid dienone is 1. The SMILES string of the molecule is C=CCn1c(=O)c2cnc(SC)nc2n1-c1cccc(O[C@H]2CN3CCC2CC3)n1. The summed E-state index contributed by atoms with van der Waals surface area (Å²) in [6, 6.07) is 5.65. The monoisotopic (exact) mass is 424 g/mol. The van der Waals surface area contributed by atoms with Gasteiger partial charge < -0.3 is 4.74 Å². The van der Waals surface area contributed by atoms with Gasteiger partial charge in [0.2, 0.25) is 5.88 Å². The minimum absolute atomic E-state index is 0.164. The minimum atomic E-state index is -0.164. The highest BCUT2D eigenvalue weighted by Gasteiger charge is 2.35. The van der Waals surface area contributed by atoms with Crippen LogP contribution in [0, 0.1) is 5.92 Å². The summed E-state index contributed by atoms with van der Waals surface area (Å²) in [4.78, 5) is 29.0. The maximum atomic E-state index is 12.9. The van der Waals surface area contributed by atoms with E-state index in [2.05, 4.69) is 21.4 Å². The fourth-order valence-electron chi connectivity index (χ4n) is 4.42. The number of thioether (sulfide) groups is 1. The van der Waals surface area contributed by atoms with Gasteiger partial charge in [0.25, 0.3) is 5.56 Å². The highest BCUT2D eigenvalue weighted by Crippen LogP contribution is 2.30. The summed E-state index contributed by atoms with van der Waals surface area (Å²) in [6.45, 7) is 7.42. The van der Waals surface area contributed by atoms with Gasteiger partial charge >= 0.3 is 0 Å². The normalized spacial score (nSPS) is 23.0. The zero-order valence-electron chi connectivity index (χ0n) is 16.9. The first kappa shape index (κ1) is 19.3. The van der Waals surface area contributed by atoms with E-state index in [1.54, 1.807) is 21.6 Å². The van der Waals surface area contributed by atoms with Crippen LogP contribution in [0.5, 0.6) is 5.88 Å². The molecule has 3 fully saturated rings. The summed E-state index contributed by atoms with van der Waals surface area (Å²) >= 11 is 1.43. The summed E-state index contributed by atoms with van der Waals surface area (Å²) in [7, 11) is 0. The van der Waals surface area contributed by atoms with Gasteiger partial charge in [-0.15, -0.1) is 6.58 Å². The quantitative estimate of drug-likeness (QED) is 0.341. The Hall–Kier alpha value is -2.65. The van der Waals surface area contributed by atoms with Crippen LogP contribution in [0.15, 0.2) is 47.0 Å². The molecule has 0 N–H and O–H groups in total. The van der Waals surface area contributed by atoms with Crippen LogP contribution in [0.3, 0.4) is 0 Å². The lowest BCUT2D eigenvalue weighted by molar-refractivity contribution is -0.00994. The predicted octanol–water partition coefficient (Wildman–Crippen LogP) is 2.36. The van der Waals surface area contributed by atoms with Crippen LogP contribution in [0.1, 0.15) is 12.8 Å². The van der Waals surface area contributed by atoms with Gasteiger partial charge in [0.1, 0.15) is 11.5 Å². The first-order valence-electron chi connectivity index (χ1n) is 10.2. The third-order valence-corrected chi connectivity index (χ3v) is 6.49. The Balaban J connectivity index is 1.56. The van der Waals surface area contributed by atoms with E-state index in [0.29, 0.717) is 40.4 Å². The lowest BCUT2D eigenvalue weighted by Gasteiger charge is -2.44. The predicted molar refractivity (Wildman–Crippen MR) is 116 cm³/mol. The van der Waals surface area contributed by atoms with Crippen LogP contribution in [0.4, 0.5) is 0 Å². The Morgan fingerprint density at radius 2 is 2.13 bits per heavy atom. The third-order valence-electron chi connectivity index (χ3n) is 5.93. The average molecular weight is 425 g/mol. The first-order valence-corrected chi connectivity index (χ1v) is 11.4. The van der Waals surface area contributed by atoms with Crippen LogP contribution in [0.2, 0.25) is 0 Å². The van der Waals surface area contributed by atoms with Crippen molar-refractivity contribution in [1.29, 1.82) is 0 Å². The Morgan fingerprint density at radius 3 is 2.83 bits per heavy atom. The molecule has 3 aliphatic rings. The summed E-state index contributed by atoms with van der Waals surface area (Å²) < 4.78 is 9.62. The van der Waals surface area contributed by atoms with E-state index < -0.39 is 0 Å². The van der Waals surface area contributed by atoms with E-state index in [-0.39, 0.29) is 11.7 Å². The van der Waals surface area contributed by atoms with E-state index in [9.17, 15) is 4.79 Å². The molecule has 3 saturated heterocycles. The van der Waals surface area contributed by atoms with Crippen molar-refractivity contribution in [2.24, 2.45) is 5.92 Å². The van der Waals surface area contributed by atoms with E-state index >= 15 is 0 Å². The molecule has 6 rings (SSSR count). The lowest BCUT2D eigenvalue weighted by atomic mass is 9.86. The molecule has 1 atom stereocenters. The average Bonchev–Trinajstić information content (AvgIpc) is 3.06. The van der Waals surface area contributed by atoms with Crippen LogP contribution in [0.25, 0.3) is 16.9 Å². The van der Waals surface area contributed by atoms with E-state index in [0.717, 1.165) is 6.54 Å². The molecule has 0 aliphatic carbocycles. The van der Waals surface area contributed by atoms with Gasteiger partial charge in [0.05, 0.1) is 6.54 Å². The molecule has 0 amide bonds. The number of rotatable bonds is 6. The second kappa shape index (κ2) is 7.88. The van der Waals surface area contributed by atoms with Crippen molar-refractivity contribution in [2.45, 2.75) is 30.6 Å². The number of aromatic nitrogens is 5. The van der Waals surface area contributed by atoms with Crippen molar-refractivity contribution >= 4 is 22.8 Å². The Labute approximate surface area is 178 Å². The molecule has 156 valence electrons. The molecular weight excluding hydrogens is 400 g/mol. The topological polar surface area (TPSA) is 78.1 Å². The van der Waals surface area contributed by atoms with Crippen molar-refractivity contribution < 1.29 is 4.74 Å². The van der Waals surface area contributed by atoms with E-state index in [1.165, 1.54) is 37.7 Å². The molecule has 0 spiro atoms. The molecule has 8 nitrogen and oxygen atoms in total. The largest absolute Gasteiger partial charge is 0.473 e. The molecule has 6 heterocycles. The van der Waals surface area contributed by atoms with Crippen LogP contribution < -0.4 is 10.3 Å². The van der Waals surface area contributed by atoms with Gasteiger partial charge in [0.15, 0.2) is 16.6 Å². The lowest BCUT2D eigenvalue weighted by Crippen LogP contribution is -2.52. The third kappa shape index (κ3) is 3.31. The molecule has 3 aromatic rings. The van der Waals surface area contributed by atoms with Crippen molar-refractivity contribution in [1.82, 2.24) is 29.2 Å². The molecule has 0 saturated carbocycles.